The molecule has 0 unspecified atom stereocenters. The Morgan fingerprint density at radius 2 is 2.12 bits per heavy atom. The number of carbonyl (C=O) groups is 1. The molecule has 0 saturated carbocycles. The number of rotatable bonds is 2. The molecule has 0 spiro atoms. The maximum Gasteiger partial charge on any atom is 0.332 e. The van der Waals surface area contributed by atoms with Crippen molar-refractivity contribution in [2.75, 3.05) is 6.54 Å². The summed E-state index contributed by atoms with van der Waals surface area (Å²) >= 11 is 5.28. The minimum absolute atomic E-state index is 0.581. The molecule has 0 bridgehead atoms. The van der Waals surface area contributed by atoms with Gasteiger partial charge < -0.3 is 0 Å². The minimum Gasteiger partial charge on any atom is -0.271 e. The van der Waals surface area contributed by atoms with E-state index in [0.29, 0.717) is 0 Å². The smallest absolute Gasteiger partial charge is 0.271 e. The van der Waals surface area contributed by atoms with Crippen molar-refractivity contribution in [2.24, 2.45) is 4.99 Å². The number of benzene rings is 1. The van der Waals surface area contributed by atoms with E-state index in [1.165, 1.54) is 0 Å². The Bertz CT molecular complexity index is 405. The first-order valence-electron chi connectivity index (χ1n) is 5.12. The Hall–Kier alpha value is -1.55. The Morgan fingerprint density at radius 3 is 2.81 bits per heavy atom. The van der Waals surface area contributed by atoms with Crippen LogP contribution in [0.4, 0.5) is 10.5 Å². The van der Waals surface area contributed by atoms with E-state index in [-0.39, 0.29) is 0 Å². The van der Waals surface area contributed by atoms with Crippen molar-refractivity contribution < 1.29 is 4.79 Å². The zero-order valence-corrected chi connectivity index (χ0v) is 9.44. The van der Waals surface area contributed by atoms with Gasteiger partial charge >= 0.3 is 5.37 Å². The molecule has 1 aliphatic rings. The van der Waals surface area contributed by atoms with Crippen LogP contribution in [0.3, 0.4) is 0 Å². The molecule has 1 saturated heterocycles. The van der Waals surface area contributed by atoms with Crippen LogP contribution in [-0.4, -0.2) is 22.8 Å². The molecule has 1 amide bonds. The third-order valence-corrected chi connectivity index (χ3v) is 2.42. The molecule has 16 heavy (non-hydrogen) atoms. The van der Waals surface area contributed by atoms with Crippen molar-refractivity contribution in [3.63, 3.8) is 0 Å². The number of hydrazine groups is 1. The number of nitrogens with one attached hydrogen (secondary N) is 1. The molecule has 84 valence electrons. The van der Waals surface area contributed by atoms with E-state index < -0.39 is 5.37 Å². The van der Waals surface area contributed by atoms with Gasteiger partial charge in [-0.1, -0.05) is 18.2 Å². The Balaban J connectivity index is 2.13. The maximum atomic E-state index is 10.8. The minimum atomic E-state index is -0.581. The molecule has 1 fully saturated rings. The second-order valence-electron chi connectivity index (χ2n) is 3.50. The van der Waals surface area contributed by atoms with E-state index >= 15 is 0 Å². The van der Waals surface area contributed by atoms with Crippen molar-refractivity contribution in [3.05, 3.63) is 30.3 Å². The quantitative estimate of drug-likeness (QED) is 0.635. The number of nitrogens with zero attached hydrogens (tertiary/aromatic N) is 2. The predicted molar refractivity (Wildman–Crippen MR) is 63.9 cm³/mol. The molecule has 0 aromatic heterocycles. The summed E-state index contributed by atoms with van der Waals surface area (Å²) in [4.78, 5) is 15.2. The highest BCUT2D eigenvalue weighted by Crippen LogP contribution is 2.16. The van der Waals surface area contributed by atoms with E-state index in [1.807, 2.05) is 30.3 Å². The summed E-state index contributed by atoms with van der Waals surface area (Å²) in [7, 11) is 0. The molecule has 1 heterocycles. The van der Waals surface area contributed by atoms with Gasteiger partial charge in [-0.25, -0.2) is 4.99 Å². The molecule has 0 radical (unpaired) electrons. The van der Waals surface area contributed by atoms with E-state index in [0.717, 1.165) is 30.9 Å². The highest BCUT2D eigenvalue weighted by molar-refractivity contribution is 6.62. The van der Waals surface area contributed by atoms with Gasteiger partial charge in [0, 0.05) is 13.0 Å². The number of carbonyl (C=O) groups excluding carboxylic acids is 1. The van der Waals surface area contributed by atoms with Crippen molar-refractivity contribution in [1.29, 1.82) is 0 Å². The summed E-state index contributed by atoms with van der Waals surface area (Å²) < 4.78 is 0. The number of hydrogen-bond donors (Lipinski definition) is 1. The molecule has 1 aromatic rings. The van der Waals surface area contributed by atoms with Crippen molar-refractivity contribution in [2.45, 2.75) is 12.8 Å². The highest BCUT2D eigenvalue weighted by Gasteiger charge is 2.19. The SMILES string of the molecule is O=C(Cl)NN1CCCC1=Nc1ccccc1. The molecular weight excluding hydrogens is 226 g/mol. The monoisotopic (exact) mass is 237 g/mol. The van der Waals surface area contributed by atoms with Crippen LogP contribution in [0.1, 0.15) is 12.8 Å². The molecule has 0 aliphatic carbocycles. The third-order valence-electron chi connectivity index (χ3n) is 2.33. The second kappa shape index (κ2) is 4.99. The fourth-order valence-electron chi connectivity index (χ4n) is 1.65. The van der Waals surface area contributed by atoms with Crippen molar-refractivity contribution in [3.8, 4) is 0 Å². The van der Waals surface area contributed by atoms with Crippen LogP contribution in [0.25, 0.3) is 0 Å². The second-order valence-corrected chi connectivity index (χ2v) is 3.85. The maximum absolute atomic E-state index is 10.8. The lowest BCUT2D eigenvalue weighted by molar-refractivity contribution is 0.241. The van der Waals surface area contributed by atoms with Gasteiger partial charge in [0.1, 0.15) is 5.84 Å². The number of amides is 1. The summed E-state index contributed by atoms with van der Waals surface area (Å²) in [5, 5.41) is 1.12. The zero-order valence-electron chi connectivity index (χ0n) is 8.69. The summed E-state index contributed by atoms with van der Waals surface area (Å²) in [5.41, 5.74) is 3.42. The predicted octanol–water partition coefficient (Wildman–Crippen LogP) is 2.68. The van der Waals surface area contributed by atoms with Crippen LogP contribution >= 0.6 is 11.6 Å². The van der Waals surface area contributed by atoms with Gasteiger partial charge in [0.15, 0.2) is 0 Å². The van der Waals surface area contributed by atoms with Gasteiger partial charge in [-0.2, -0.15) is 0 Å². The first kappa shape index (κ1) is 11.0. The average molecular weight is 238 g/mol. The van der Waals surface area contributed by atoms with E-state index in [9.17, 15) is 4.79 Å². The van der Waals surface area contributed by atoms with E-state index in [4.69, 9.17) is 11.6 Å². The first-order valence-corrected chi connectivity index (χ1v) is 5.50. The molecule has 5 heteroatoms. The Morgan fingerprint density at radius 1 is 1.38 bits per heavy atom. The normalized spacial score (nSPS) is 17.8. The lowest BCUT2D eigenvalue weighted by Gasteiger charge is -2.17. The number of hydrogen-bond acceptors (Lipinski definition) is 2. The van der Waals surface area contributed by atoms with Crippen LogP contribution < -0.4 is 5.43 Å². The van der Waals surface area contributed by atoms with Gasteiger partial charge in [0.25, 0.3) is 0 Å². The van der Waals surface area contributed by atoms with Crippen LogP contribution in [0.2, 0.25) is 0 Å². The topological polar surface area (TPSA) is 44.7 Å². The lowest BCUT2D eigenvalue weighted by atomic mass is 10.3. The zero-order chi connectivity index (χ0) is 11.4. The van der Waals surface area contributed by atoms with Crippen LogP contribution in [0, 0.1) is 0 Å². The molecule has 4 nitrogen and oxygen atoms in total. The summed E-state index contributed by atoms with van der Waals surface area (Å²) in [6, 6.07) is 9.65. The third kappa shape index (κ3) is 2.73. The number of halogens is 1. The van der Waals surface area contributed by atoms with Crippen LogP contribution in [0.15, 0.2) is 35.3 Å². The van der Waals surface area contributed by atoms with E-state index in [1.54, 1.807) is 5.01 Å². The average Bonchev–Trinajstić information content (AvgIpc) is 2.66. The first-order chi connectivity index (χ1) is 7.75. The van der Waals surface area contributed by atoms with Crippen LogP contribution in [0.5, 0.6) is 0 Å². The van der Waals surface area contributed by atoms with Crippen molar-refractivity contribution >= 4 is 28.5 Å². The van der Waals surface area contributed by atoms with E-state index in [2.05, 4.69) is 10.4 Å². The summed E-state index contributed by atoms with van der Waals surface area (Å²) in [6.07, 6.45) is 1.83. The number of amidine groups is 1. The van der Waals surface area contributed by atoms with Crippen LogP contribution in [-0.2, 0) is 0 Å². The highest BCUT2D eigenvalue weighted by atomic mass is 35.5. The molecule has 1 aromatic carbocycles. The largest absolute Gasteiger partial charge is 0.332 e. The van der Waals surface area contributed by atoms with Gasteiger partial charge in [-0.15, -0.1) is 0 Å². The van der Waals surface area contributed by atoms with Gasteiger partial charge in [0.2, 0.25) is 0 Å². The van der Waals surface area contributed by atoms with Crippen molar-refractivity contribution in [1.82, 2.24) is 10.4 Å². The van der Waals surface area contributed by atoms with Gasteiger partial charge in [0.05, 0.1) is 5.69 Å². The molecule has 0 atom stereocenters. The standard InChI is InChI=1S/C11H12ClN3O/c12-11(16)14-15-8-4-7-10(15)13-9-5-2-1-3-6-9/h1-3,5-6H,4,7-8H2,(H,14,16). The number of aliphatic imine (C=N–C) groups is 1. The summed E-state index contributed by atoms with van der Waals surface area (Å²) in [5.74, 6) is 0.847. The fraction of sp³-hybridized carbons (Fsp3) is 0.273. The fourth-order valence-corrected chi connectivity index (χ4v) is 1.76. The molecule has 1 aliphatic heterocycles. The lowest BCUT2D eigenvalue weighted by Crippen LogP contribution is -2.40. The Labute approximate surface area is 98.9 Å². The summed E-state index contributed by atoms with van der Waals surface area (Å²) in [6.45, 7) is 0.754. The van der Waals surface area contributed by atoms with Gasteiger partial charge in [-0.3, -0.25) is 15.2 Å². The number of para-hydroxylation sites is 1. The molecular formula is C11H12ClN3O. The van der Waals surface area contributed by atoms with Gasteiger partial charge in [-0.05, 0) is 30.2 Å². The Kier molecular flexibility index (Phi) is 3.41. The molecule has 2 rings (SSSR count). The molecule has 1 N–H and O–H groups in total.